The number of methoxy groups -OCH3 is 2. The molecule has 0 aliphatic rings. The van der Waals surface area contributed by atoms with Crippen LogP contribution in [0.4, 0.5) is 0 Å². The Morgan fingerprint density at radius 3 is 2.64 bits per heavy atom. The van der Waals surface area contributed by atoms with Crippen LogP contribution < -0.4 is 9.47 Å². The maximum Gasteiger partial charge on any atom is 0.253 e. The first-order chi connectivity index (χ1) is 17.6. The van der Waals surface area contributed by atoms with Gasteiger partial charge in [0.25, 0.3) is 5.91 Å². The zero-order valence-electron chi connectivity index (χ0n) is 20.2. The number of hydrogen-bond donors (Lipinski definition) is 0. The molecule has 2 aromatic heterocycles. The molecule has 1 amide bonds. The number of benzene rings is 3. The van der Waals surface area contributed by atoms with Crippen LogP contribution in [-0.4, -0.2) is 58.8 Å². The van der Waals surface area contributed by atoms with Gasteiger partial charge in [-0.1, -0.05) is 24.3 Å². The van der Waals surface area contributed by atoms with Gasteiger partial charge in [0.2, 0.25) is 0 Å². The van der Waals surface area contributed by atoms with E-state index in [1.54, 1.807) is 35.1 Å². The van der Waals surface area contributed by atoms with Gasteiger partial charge in [-0.3, -0.25) is 4.79 Å². The SMILES string of the molecule is COc1ccc(CCN(C)C(=O)c2cc(-c3csc4ccccc34)cc(-n3cnnn3)c2)cc1OC. The summed E-state index contributed by atoms with van der Waals surface area (Å²) >= 11 is 1.68. The Balaban J connectivity index is 1.44. The highest BCUT2D eigenvalue weighted by Gasteiger charge is 2.17. The Labute approximate surface area is 212 Å². The zero-order chi connectivity index (χ0) is 25.1. The molecule has 5 rings (SSSR count). The van der Waals surface area contributed by atoms with Crippen LogP contribution in [0.15, 0.2) is 72.4 Å². The molecule has 0 unspecified atom stereocenters. The molecular weight excluding hydrogens is 474 g/mol. The third kappa shape index (κ3) is 4.65. The first-order valence-electron chi connectivity index (χ1n) is 11.4. The molecule has 3 aromatic carbocycles. The van der Waals surface area contributed by atoms with Crippen LogP contribution in [0.1, 0.15) is 15.9 Å². The lowest BCUT2D eigenvalue weighted by Gasteiger charge is -2.19. The molecule has 0 bridgehead atoms. The van der Waals surface area contributed by atoms with Crippen molar-refractivity contribution in [3.05, 3.63) is 83.5 Å². The maximum atomic E-state index is 13.5. The number of thiophene rings is 1. The first kappa shape index (κ1) is 23.5. The summed E-state index contributed by atoms with van der Waals surface area (Å²) in [6.45, 7) is 0.542. The summed E-state index contributed by atoms with van der Waals surface area (Å²) in [6.07, 6.45) is 2.21. The molecular formula is C27H25N5O3S. The van der Waals surface area contributed by atoms with Crippen molar-refractivity contribution in [3.8, 4) is 28.3 Å². The lowest BCUT2D eigenvalue weighted by molar-refractivity contribution is 0.0796. The minimum atomic E-state index is -0.0776. The topological polar surface area (TPSA) is 82.4 Å². The minimum Gasteiger partial charge on any atom is -0.493 e. The van der Waals surface area contributed by atoms with Crippen LogP contribution in [0, 0.1) is 0 Å². The van der Waals surface area contributed by atoms with Crippen LogP contribution >= 0.6 is 11.3 Å². The van der Waals surface area contributed by atoms with Crippen LogP contribution in [0.25, 0.3) is 26.9 Å². The number of amides is 1. The Hall–Kier alpha value is -4.24. The number of hydrogen-bond acceptors (Lipinski definition) is 7. The predicted octanol–water partition coefficient (Wildman–Crippen LogP) is 4.88. The molecule has 0 fully saturated rings. The van der Waals surface area contributed by atoms with Gasteiger partial charge < -0.3 is 14.4 Å². The fourth-order valence-electron chi connectivity index (χ4n) is 4.16. The summed E-state index contributed by atoms with van der Waals surface area (Å²) in [5, 5.41) is 14.8. The van der Waals surface area contributed by atoms with E-state index in [-0.39, 0.29) is 5.91 Å². The summed E-state index contributed by atoms with van der Waals surface area (Å²) in [6, 6.07) is 19.8. The van der Waals surface area contributed by atoms with E-state index in [0.717, 1.165) is 27.8 Å². The second-order valence-electron chi connectivity index (χ2n) is 8.33. The average Bonchev–Trinajstić information content (AvgIpc) is 3.61. The Morgan fingerprint density at radius 1 is 1.03 bits per heavy atom. The third-order valence-corrected chi connectivity index (χ3v) is 7.06. The zero-order valence-corrected chi connectivity index (χ0v) is 21.0. The molecule has 0 aliphatic heterocycles. The highest BCUT2D eigenvalue weighted by Crippen LogP contribution is 2.35. The molecule has 0 saturated heterocycles. The lowest BCUT2D eigenvalue weighted by Crippen LogP contribution is -2.29. The fourth-order valence-corrected chi connectivity index (χ4v) is 5.13. The van der Waals surface area contributed by atoms with E-state index in [9.17, 15) is 4.79 Å². The Bertz CT molecular complexity index is 1510. The smallest absolute Gasteiger partial charge is 0.253 e. The summed E-state index contributed by atoms with van der Waals surface area (Å²) in [4.78, 5) is 15.2. The minimum absolute atomic E-state index is 0.0776. The van der Waals surface area contributed by atoms with Crippen molar-refractivity contribution in [2.24, 2.45) is 0 Å². The van der Waals surface area contributed by atoms with Crippen molar-refractivity contribution in [1.29, 1.82) is 0 Å². The number of ether oxygens (including phenoxy) is 2. The van der Waals surface area contributed by atoms with Gasteiger partial charge in [0.05, 0.1) is 19.9 Å². The molecule has 5 aromatic rings. The third-order valence-electron chi connectivity index (χ3n) is 6.10. The van der Waals surface area contributed by atoms with Crippen molar-refractivity contribution < 1.29 is 14.3 Å². The number of carbonyl (C=O) groups excluding carboxylic acids is 1. The van der Waals surface area contributed by atoms with E-state index < -0.39 is 0 Å². The Morgan fingerprint density at radius 2 is 1.86 bits per heavy atom. The molecule has 0 N–H and O–H groups in total. The van der Waals surface area contributed by atoms with Gasteiger partial charge in [-0.15, -0.1) is 16.4 Å². The molecule has 36 heavy (non-hydrogen) atoms. The summed E-state index contributed by atoms with van der Waals surface area (Å²) < 4.78 is 13.5. The summed E-state index contributed by atoms with van der Waals surface area (Å²) in [7, 11) is 5.04. The standard InChI is InChI=1S/C27H25N5O3S/c1-31(11-10-18-8-9-24(34-2)25(12-18)35-3)27(33)20-13-19(14-21(15-20)32-17-28-29-30-32)23-16-36-26-7-5-4-6-22(23)26/h4-9,12-17H,10-11H2,1-3H3. The fraction of sp³-hybridized carbons (Fsp3) is 0.185. The monoisotopic (exact) mass is 499 g/mol. The number of tetrazole rings is 1. The molecule has 0 spiro atoms. The summed E-state index contributed by atoms with van der Waals surface area (Å²) in [5.41, 5.74) is 4.37. The number of carbonyl (C=O) groups is 1. The molecule has 182 valence electrons. The predicted molar refractivity (Wildman–Crippen MR) is 140 cm³/mol. The second-order valence-corrected chi connectivity index (χ2v) is 9.25. The molecule has 0 aliphatic carbocycles. The highest BCUT2D eigenvalue weighted by atomic mass is 32.1. The van der Waals surface area contributed by atoms with Gasteiger partial charge in [0.1, 0.15) is 6.33 Å². The van der Waals surface area contributed by atoms with Crippen molar-refractivity contribution in [3.63, 3.8) is 0 Å². The van der Waals surface area contributed by atoms with Crippen LogP contribution in [-0.2, 0) is 6.42 Å². The summed E-state index contributed by atoms with van der Waals surface area (Å²) in [5.74, 6) is 1.27. The van der Waals surface area contributed by atoms with E-state index in [4.69, 9.17) is 9.47 Å². The van der Waals surface area contributed by atoms with Crippen LogP contribution in [0.5, 0.6) is 11.5 Å². The van der Waals surface area contributed by atoms with Crippen molar-refractivity contribution >= 4 is 27.3 Å². The van der Waals surface area contributed by atoms with E-state index in [2.05, 4.69) is 33.0 Å². The molecule has 9 heteroatoms. The van der Waals surface area contributed by atoms with Gasteiger partial charge in [-0.2, -0.15) is 0 Å². The Kier molecular flexibility index (Phi) is 6.64. The quantitative estimate of drug-likeness (QED) is 0.303. The van der Waals surface area contributed by atoms with Crippen molar-refractivity contribution in [2.45, 2.75) is 6.42 Å². The van der Waals surface area contributed by atoms with E-state index in [1.165, 1.54) is 11.0 Å². The van der Waals surface area contributed by atoms with Gasteiger partial charge in [0, 0.05) is 34.8 Å². The van der Waals surface area contributed by atoms with Gasteiger partial charge >= 0.3 is 0 Å². The average molecular weight is 500 g/mol. The first-order valence-corrected chi connectivity index (χ1v) is 12.3. The van der Waals surface area contributed by atoms with Gasteiger partial charge in [-0.05, 0) is 69.8 Å². The van der Waals surface area contributed by atoms with E-state index in [0.29, 0.717) is 30.0 Å². The maximum absolute atomic E-state index is 13.5. The number of likely N-dealkylation sites (N-methyl/N-ethyl adjacent to an activating group) is 1. The van der Waals surface area contributed by atoms with Crippen molar-refractivity contribution in [2.75, 3.05) is 27.8 Å². The van der Waals surface area contributed by atoms with E-state index >= 15 is 0 Å². The van der Waals surface area contributed by atoms with Crippen LogP contribution in [0.3, 0.4) is 0 Å². The molecule has 0 radical (unpaired) electrons. The molecule has 0 atom stereocenters. The normalized spacial score (nSPS) is 11.0. The van der Waals surface area contributed by atoms with Crippen molar-refractivity contribution in [1.82, 2.24) is 25.1 Å². The van der Waals surface area contributed by atoms with Gasteiger partial charge in [-0.25, -0.2) is 4.68 Å². The van der Waals surface area contributed by atoms with Crippen LogP contribution in [0.2, 0.25) is 0 Å². The number of rotatable bonds is 8. The largest absolute Gasteiger partial charge is 0.493 e. The van der Waals surface area contributed by atoms with Gasteiger partial charge in [0.15, 0.2) is 11.5 Å². The molecule has 2 heterocycles. The van der Waals surface area contributed by atoms with E-state index in [1.807, 2.05) is 55.6 Å². The molecule has 8 nitrogen and oxygen atoms in total. The highest BCUT2D eigenvalue weighted by molar-refractivity contribution is 7.17. The number of aromatic nitrogens is 4. The molecule has 0 saturated carbocycles. The number of nitrogens with zero attached hydrogens (tertiary/aromatic N) is 5. The number of fused-ring (bicyclic) bond motifs is 1. The lowest BCUT2D eigenvalue weighted by atomic mass is 10.0. The second kappa shape index (κ2) is 10.2.